The molecule has 0 spiro atoms. The minimum Gasteiger partial charge on any atom is -0.350 e. The van der Waals surface area contributed by atoms with Crippen molar-refractivity contribution in [3.8, 4) is 11.4 Å². The van der Waals surface area contributed by atoms with Crippen LogP contribution in [0.15, 0.2) is 72.9 Å². The zero-order valence-corrected chi connectivity index (χ0v) is 14.1. The van der Waals surface area contributed by atoms with Gasteiger partial charge in [-0.3, -0.25) is 9.78 Å². The summed E-state index contributed by atoms with van der Waals surface area (Å²) in [4.78, 5) is 24.3. The number of nitrogens with zero attached hydrogens (tertiary/aromatic N) is 2. The maximum atomic E-state index is 12.2. The van der Waals surface area contributed by atoms with Crippen molar-refractivity contribution in [1.29, 1.82) is 0 Å². The molecular formula is C21H18N4O. The maximum Gasteiger partial charge on any atom is 0.224 e. The van der Waals surface area contributed by atoms with Crippen LogP contribution in [-0.2, 0) is 17.8 Å². The molecule has 2 aromatic heterocycles. The molecule has 0 bridgehead atoms. The topological polar surface area (TPSA) is 70.7 Å². The Bertz CT molecular complexity index is 1030. The quantitative estimate of drug-likeness (QED) is 0.583. The lowest BCUT2D eigenvalue weighted by atomic mass is 10.1. The number of aromatic nitrogens is 3. The van der Waals surface area contributed by atoms with E-state index in [0.717, 1.165) is 33.7 Å². The van der Waals surface area contributed by atoms with Crippen molar-refractivity contribution in [2.45, 2.75) is 13.0 Å². The molecule has 0 aliphatic carbocycles. The first kappa shape index (κ1) is 16.0. The lowest BCUT2D eigenvalue weighted by Crippen LogP contribution is -2.24. The summed E-state index contributed by atoms with van der Waals surface area (Å²) in [5.74, 6) is 0.801. The second kappa shape index (κ2) is 7.19. The Kier molecular flexibility index (Phi) is 4.43. The highest BCUT2D eigenvalue weighted by atomic mass is 16.1. The van der Waals surface area contributed by atoms with Crippen molar-refractivity contribution in [2.24, 2.45) is 0 Å². The van der Waals surface area contributed by atoms with Gasteiger partial charge in [0.2, 0.25) is 5.91 Å². The van der Waals surface area contributed by atoms with Crippen LogP contribution in [0.5, 0.6) is 0 Å². The standard InChI is InChI=1S/C21H18N4O/c26-20(23-14-17-8-4-5-11-22-17)13-15-9-10-18-19(12-15)25-21(24-18)16-6-2-1-3-7-16/h1-12H,13-14H2,(H,23,26)(H,24,25). The third-order valence-corrected chi connectivity index (χ3v) is 4.15. The van der Waals surface area contributed by atoms with Crippen molar-refractivity contribution in [1.82, 2.24) is 20.3 Å². The summed E-state index contributed by atoms with van der Waals surface area (Å²) >= 11 is 0. The third kappa shape index (κ3) is 3.62. The number of nitrogens with one attached hydrogen (secondary N) is 2. The van der Waals surface area contributed by atoms with E-state index >= 15 is 0 Å². The van der Waals surface area contributed by atoms with Gasteiger partial charge in [-0.05, 0) is 29.8 Å². The van der Waals surface area contributed by atoms with Gasteiger partial charge in [-0.15, -0.1) is 0 Å². The van der Waals surface area contributed by atoms with Gasteiger partial charge in [-0.1, -0.05) is 42.5 Å². The number of hydrogen-bond donors (Lipinski definition) is 2. The fourth-order valence-corrected chi connectivity index (χ4v) is 2.84. The number of aromatic amines is 1. The van der Waals surface area contributed by atoms with Crippen LogP contribution in [-0.4, -0.2) is 20.9 Å². The number of amides is 1. The molecule has 0 radical (unpaired) electrons. The van der Waals surface area contributed by atoms with Crippen LogP contribution in [0.1, 0.15) is 11.3 Å². The number of imidazole rings is 1. The Labute approximate surface area is 151 Å². The van der Waals surface area contributed by atoms with Gasteiger partial charge < -0.3 is 10.3 Å². The van der Waals surface area contributed by atoms with E-state index in [2.05, 4.69) is 20.3 Å². The number of rotatable bonds is 5. The Balaban J connectivity index is 1.46. The summed E-state index contributed by atoms with van der Waals surface area (Å²) in [6.07, 6.45) is 2.04. The van der Waals surface area contributed by atoms with Crippen LogP contribution in [0.3, 0.4) is 0 Å². The van der Waals surface area contributed by atoms with Crippen LogP contribution < -0.4 is 5.32 Å². The summed E-state index contributed by atoms with van der Waals surface area (Å²) in [7, 11) is 0. The Morgan fingerprint density at radius 1 is 1.00 bits per heavy atom. The fraction of sp³-hybridized carbons (Fsp3) is 0.0952. The van der Waals surface area contributed by atoms with Gasteiger partial charge in [0, 0.05) is 11.8 Å². The number of carbonyl (C=O) groups excluding carboxylic acids is 1. The Morgan fingerprint density at radius 2 is 1.85 bits per heavy atom. The third-order valence-electron chi connectivity index (χ3n) is 4.15. The molecule has 0 atom stereocenters. The van der Waals surface area contributed by atoms with Crippen LogP contribution in [0, 0.1) is 0 Å². The van der Waals surface area contributed by atoms with Crippen LogP contribution in [0.25, 0.3) is 22.4 Å². The van der Waals surface area contributed by atoms with E-state index in [4.69, 9.17) is 0 Å². The van der Waals surface area contributed by atoms with E-state index in [-0.39, 0.29) is 5.91 Å². The van der Waals surface area contributed by atoms with E-state index in [0.29, 0.717) is 13.0 Å². The zero-order valence-electron chi connectivity index (χ0n) is 14.1. The second-order valence-electron chi connectivity index (χ2n) is 6.08. The molecule has 128 valence electrons. The summed E-state index contributed by atoms with van der Waals surface area (Å²) in [5, 5.41) is 2.90. The molecule has 1 amide bonds. The second-order valence-corrected chi connectivity index (χ2v) is 6.08. The van der Waals surface area contributed by atoms with E-state index in [1.807, 2.05) is 66.7 Å². The highest BCUT2D eigenvalue weighted by molar-refractivity contribution is 5.83. The van der Waals surface area contributed by atoms with Crippen LogP contribution in [0.4, 0.5) is 0 Å². The number of fused-ring (bicyclic) bond motifs is 1. The monoisotopic (exact) mass is 342 g/mol. The van der Waals surface area contributed by atoms with Crippen LogP contribution >= 0.6 is 0 Å². The minimum absolute atomic E-state index is 0.0298. The number of pyridine rings is 1. The van der Waals surface area contributed by atoms with Gasteiger partial charge in [0.15, 0.2) is 0 Å². The molecule has 2 heterocycles. The summed E-state index contributed by atoms with van der Waals surface area (Å²) in [6, 6.07) is 21.5. The fourth-order valence-electron chi connectivity index (χ4n) is 2.84. The molecule has 0 aliphatic rings. The molecule has 5 nitrogen and oxygen atoms in total. The normalized spacial score (nSPS) is 10.8. The Hall–Kier alpha value is -3.47. The largest absolute Gasteiger partial charge is 0.350 e. The number of benzene rings is 2. The van der Waals surface area contributed by atoms with Crippen molar-refractivity contribution in [3.63, 3.8) is 0 Å². The SMILES string of the molecule is O=C(Cc1ccc2nc(-c3ccccc3)[nH]c2c1)NCc1ccccn1. The van der Waals surface area contributed by atoms with E-state index in [1.54, 1.807) is 6.20 Å². The highest BCUT2D eigenvalue weighted by Crippen LogP contribution is 2.21. The lowest BCUT2D eigenvalue weighted by Gasteiger charge is -2.05. The van der Waals surface area contributed by atoms with Gasteiger partial charge in [-0.2, -0.15) is 0 Å². The van der Waals surface area contributed by atoms with Crippen LogP contribution in [0.2, 0.25) is 0 Å². The van der Waals surface area contributed by atoms with Gasteiger partial charge in [-0.25, -0.2) is 4.98 Å². The molecule has 0 saturated carbocycles. The summed E-state index contributed by atoms with van der Waals surface area (Å²) < 4.78 is 0. The van der Waals surface area contributed by atoms with Gasteiger partial charge >= 0.3 is 0 Å². The predicted molar refractivity (Wildman–Crippen MR) is 101 cm³/mol. The van der Waals surface area contributed by atoms with E-state index < -0.39 is 0 Å². The molecule has 0 aliphatic heterocycles. The molecule has 0 unspecified atom stereocenters. The summed E-state index contributed by atoms with van der Waals surface area (Å²) in [6.45, 7) is 0.435. The average molecular weight is 342 g/mol. The first-order valence-corrected chi connectivity index (χ1v) is 8.48. The first-order chi connectivity index (χ1) is 12.8. The van der Waals surface area contributed by atoms with E-state index in [9.17, 15) is 4.79 Å². The van der Waals surface area contributed by atoms with Crippen molar-refractivity contribution in [2.75, 3.05) is 0 Å². The first-order valence-electron chi connectivity index (χ1n) is 8.48. The van der Waals surface area contributed by atoms with Gasteiger partial charge in [0.1, 0.15) is 5.82 Å². The molecule has 4 rings (SSSR count). The smallest absolute Gasteiger partial charge is 0.224 e. The van der Waals surface area contributed by atoms with Crippen molar-refractivity contribution >= 4 is 16.9 Å². The minimum atomic E-state index is -0.0298. The highest BCUT2D eigenvalue weighted by Gasteiger charge is 2.08. The molecule has 0 saturated heterocycles. The molecule has 2 N–H and O–H groups in total. The molecule has 0 fully saturated rings. The molecule has 5 heteroatoms. The molecule has 26 heavy (non-hydrogen) atoms. The Morgan fingerprint density at radius 3 is 2.65 bits per heavy atom. The van der Waals surface area contributed by atoms with Crippen molar-refractivity contribution in [3.05, 3.63) is 84.2 Å². The van der Waals surface area contributed by atoms with Gasteiger partial charge in [0.25, 0.3) is 0 Å². The predicted octanol–water partition coefficient (Wildman–Crippen LogP) is 3.48. The summed E-state index contributed by atoms with van der Waals surface area (Å²) in [5.41, 5.74) is 4.65. The maximum absolute atomic E-state index is 12.2. The number of hydrogen-bond acceptors (Lipinski definition) is 3. The lowest BCUT2D eigenvalue weighted by molar-refractivity contribution is -0.120. The molecular weight excluding hydrogens is 324 g/mol. The molecule has 4 aromatic rings. The molecule has 2 aromatic carbocycles. The van der Waals surface area contributed by atoms with Gasteiger partial charge in [0.05, 0.1) is 29.7 Å². The number of H-pyrrole nitrogens is 1. The average Bonchev–Trinajstić information content (AvgIpc) is 3.11. The van der Waals surface area contributed by atoms with E-state index in [1.165, 1.54) is 0 Å². The zero-order chi connectivity index (χ0) is 17.8. The van der Waals surface area contributed by atoms with Crippen molar-refractivity contribution < 1.29 is 4.79 Å². The number of carbonyl (C=O) groups is 1.